The van der Waals surface area contributed by atoms with Crippen molar-refractivity contribution in [2.75, 3.05) is 10.0 Å². The molecule has 0 unspecified atom stereocenters. The smallest absolute Gasteiger partial charge is 0.261 e. The molecule has 0 bridgehead atoms. The molecule has 0 spiro atoms. The van der Waals surface area contributed by atoms with Crippen LogP contribution in [0.15, 0.2) is 84.0 Å². The third-order valence-corrected chi connectivity index (χ3v) is 5.85. The van der Waals surface area contributed by atoms with E-state index in [2.05, 4.69) is 25.6 Å². The van der Waals surface area contributed by atoms with Gasteiger partial charge < -0.3 is 5.32 Å². The molecule has 156 valence electrons. The Bertz CT molecular complexity index is 1330. The Morgan fingerprint density at radius 1 is 0.935 bits per heavy atom. The molecule has 4 aromatic rings. The number of nitrogens with one attached hydrogen (secondary N) is 2. The lowest BCUT2D eigenvalue weighted by atomic mass is 10.2. The monoisotopic (exact) mass is 454 g/mol. The van der Waals surface area contributed by atoms with Gasteiger partial charge in [-0.1, -0.05) is 23.7 Å². The molecule has 1 heterocycles. The van der Waals surface area contributed by atoms with Gasteiger partial charge in [-0.3, -0.25) is 9.52 Å². The quantitative estimate of drug-likeness (QED) is 0.461. The maximum Gasteiger partial charge on any atom is 0.261 e. The molecular formula is C20H15ClN6O3S. The van der Waals surface area contributed by atoms with Crippen molar-refractivity contribution < 1.29 is 13.2 Å². The Morgan fingerprint density at radius 3 is 2.45 bits per heavy atom. The number of halogens is 1. The minimum atomic E-state index is -3.86. The van der Waals surface area contributed by atoms with Crippen LogP contribution < -0.4 is 10.0 Å². The van der Waals surface area contributed by atoms with Crippen molar-refractivity contribution in [3.63, 3.8) is 0 Å². The molecule has 0 radical (unpaired) electrons. The van der Waals surface area contributed by atoms with E-state index >= 15 is 0 Å². The average Bonchev–Trinajstić information content (AvgIpc) is 3.31. The average molecular weight is 455 g/mol. The topological polar surface area (TPSA) is 119 Å². The van der Waals surface area contributed by atoms with E-state index in [-0.39, 0.29) is 4.90 Å². The number of amides is 1. The lowest BCUT2D eigenvalue weighted by molar-refractivity contribution is 0.102. The maximum atomic E-state index is 12.7. The minimum absolute atomic E-state index is 0.00249. The number of carbonyl (C=O) groups excluding carboxylic acids is 1. The summed E-state index contributed by atoms with van der Waals surface area (Å²) in [5.41, 5.74) is 1.68. The molecule has 31 heavy (non-hydrogen) atoms. The highest BCUT2D eigenvalue weighted by Gasteiger charge is 2.16. The van der Waals surface area contributed by atoms with Gasteiger partial charge >= 0.3 is 0 Å². The molecule has 4 rings (SSSR count). The number of hydrogen-bond acceptors (Lipinski definition) is 6. The summed E-state index contributed by atoms with van der Waals surface area (Å²) in [5, 5.41) is 14.1. The molecule has 1 aromatic heterocycles. The third kappa shape index (κ3) is 4.87. The van der Waals surface area contributed by atoms with Crippen molar-refractivity contribution in [3.8, 4) is 5.69 Å². The molecule has 11 heteroatoms. The van der Waals surface area contributed by atoms with Crippen LogP contribution in [0.2, 0.25) is 5.02 Å². The van der Waals surface area contributed by atoms with E-state index in [0.29, 0.717) is 27.6 Å². The predicted molar refractivity (Wildman–Crippen MR) is 116 cm³/mol. The van der Waals surface area contributed by atoms with Gasteiger partial charge in [0.2, 0.25) is 0 Å². The molecule has 0 saturated carbocycles. The Morgan fingerprint density at radius 2 is 1.71 bits per heavy atom. The summed E-state index contributed by atoms with van der Waals surface area (Å²) in [6.07, 6.45) is 1.42. The molecule has 0 aliphatic carbocycles. The summed E-state index contributed by atoms with van der Waals surface area (Å²) in [6, 6.07) is 18.9. The number of nitrogens with zero attached hydrogens (tertiary/aromatic N) is 4. The van der Waals surface area contributed by atoms with Crippen LogP contribution in [-0.4, -0.2) is 34.5 Å². The fourth-order valence-electron chi connectivity index (χ4n) is 2.75. The highest BCUT2D eigenvalue weighted by molar-refractivity contribution is 7.92. The summed E-state index contributed by atoms with van der Waals surface area (Å²) in [7, 11) is -3.86. The second-order valence-corrected chi connectivity index (χ2v) is 8.52. The fourth-order valence-corrected chi connectivity index (χ4v) is 3.98. The molecule has 3 aromatic carbocycles. The normalized spacial score (nSPS) is 11.1. The van der Waals surface area contributed by atoms with E-state index in [9.17, 15) is 13.2 Å². The van der Waals surface area contributed by atoms with Crippen LogP contribution in [0.1, 0.15) is 10.4 Å². The summed E-state index contributed by atoms with van der Waals surface area (Å²) in [5.74, 6) is -0.407. The van der Waals surface area contributed by atoms with Gasteiger partial charge in [0.25, 0.3) is 15.9 Å². The summed E-state index contributed by atoms with van der Waals surface area (Å²) >= 11 is 5.83. The van der Waals surface area contributed by atoms with E-state index in [1.165, 1.54) is 23.1 Å². The molecule has 0 aliphatic rings. The van der Waals surface area contributed by atoms with Crippen LogP contribution in [0, 0.1) is 0 Å². The molecular weight excluding hydrogens is 440 g/mol. The highest BCUT2D eigenvalue weighted by atomic mass is 35.5. The Kier molecular flexibility index (Phi) is 5.65. The van der Waals surface area contributed by atoms with Gasteiger partial charge in [0, 0.05) is 22.0 Å². The van der Waals surface area contributed by atoms with Crippen LogP contribution in [0.3, 0.4) is 0 Å². The molecule has 2 N–H and O–H groups in total. The van der Waals surface area contributed by atoms with Gasteiger partial charge in [0.1, 0.15) is 6.33 Å². The second-order valence-electron chi connectivity index (χ2n) is 6.40. The van der Waals surface area contributed by atoms with E-state index < -0.39 is 15.9 Å². The minimum Gasteiger partial charge on any atom is -0.322 e. The van der Waals surface area contributed by atoms with Gasteiger partial charge in [-0.2, -0.15) is 0 Å². The number of hydrogen-bond donors (Lipinski definition) is 2. The first-order valence-electron chi connectivity index (χ1n) is 8.94. The van der Waals surface area contributed by atoms with Crippen LogP contribution in [0.25, 0.3) is 5.69 Å². The van der Waals surface area contributed by atoms with Crippen molar-refractivity contribution >= 4 is 38.9 Å². The van der Waals surface area contributed by atoms with Crippen molar-refractivity contribution in [3.05, 3.63) is 89.7 Å². The zero-order valence-electron chi connectivity index (χ0n) is 15.8. The molecule has 0 saturated heterocycles. The third-order valence-electron chi connectivity index (χ3n) is 4.22. The second kappa shape index (κ2) is 8.54. The standard InChI is InChI=1S/C20H15ClN6O3S/c21-15-7-9-16(10-8-15)24-31(29,30)19-6-2-4-17(12-19)23-20(28)14-3-1-5-18(11-14)27-13-22-25-26-27/h1-13,24H,(H,23,28). The van der Waals surface area contributed by atoms with Crippen LogP contribution in [0.5, 0.6) is 0 Å². The van der Waals surface area contributed by atoms with Gasteiger partial charge in [0.15, 0.2) is 0 Å². The SMILES string of the molecule is O=C(Nc1cccc(S(=O)(=O)Nc2ccc(Cl)cc2)c1)c1cccc(-n2cnnn2)c1. The number of rotatable bonds is 6. The van der Waals surface area contributed by atoms with Crippen molar-refractivity contribution in [2.24, 2.45) is 0 Å². The van der Waals surface area contributed by atoms with E-state index in [4.69, 9.17) is 11.6 Å². The van der Waals surface area contributed by atoms with Crippen LogP contribution in [0.4, 0.5) is 11.4 Å². The van der Waals surface area contributed by atoms with Crippen molar-refractivity contribution in [1.82, 2.24) is 20.2 Å². The Balaban J connectivity index is 1.52. The molecule has 0 atom stereocenters. The first-order chi connectivity index (χ1) is 14.9. The van der Waals surface area contributed by atoms with Gasteiger partial charge in [-0.15, -0.1) is 5.10 Å². The number of aromatic nitrogens is 4. The van der Waals surface area contributed by atoms with Crippen LogP contribution in [-0.2, 0) is 10.0 Å². The lowest BCUT2D eigenvalue weighted by Crippen LogP contribution is -2.15. The first-order valence-corrected chi connectivity index (χ1v) is 10.8. The summed E-state index contributed by atoms with van der Waals surface area (Å²) in [4.78, 5) is 12.7. The highest BCUT2D eigenvalue weighted by Crippen LogP contribution is 2.21. The largest absolute Gasteiger partial charge is 0.322 e. The number of tetrazole rings is 1. The predicted octanol–water partition coefficient (Wildman–Crippen LogP) is 3.37. The molecule has 0 fully saturated rings. The zero-order valence-corrected chi connectivity index (χ0v) is 17.4. The van der Waals surface area contributed by atoms with E-state index in [1.807, 2.05) is 0 Å². The molecule has 1 amide bonds. The molecule has 0 aliphatic heterocycles. The van der Waals surface area contributed by atoms with E-state index in [1.54, 1.807) is 60.7 Å². The van der Waals surface area contributed by atoms with Crippen molar-refractivity contribution in [1.29, 1.82) is 0 Å². The number of benzene rings is 3. The van der Waals surface area contributed by atoms with Crippen LogP contribution >= 0.6 is 11.6 Å². The van der Waals surface area contributed by atoms with Gasteiger partial charge in [-0.25, -0.2) is 13.1 Å². The Hall–Kier alpha value is -3.76. The maximum absolute atomic E-state index is 12.7. The summed E-state index contributed by atoms with van der Waals surface area (Å²) in [6.45, 7) is 0. The number of sulfonamides is 1. The van der Waals surface area contributed by atoms with Crippen molar-refractivity contribution in [2.45, 2.75) is 4.90 Å². The molecule has 9 nitrogen and oxygen atoms in total. The first kappa shape index (κ1) is 20.5. The lowest BCUT2D eigenvalue weighted by Gasteiger charge is -2.11. The zero-order chi connectivity index (χ0) is 21.8. The number of anilines is 2. The summed E-state index contributed by atoms with van der Waals surface area (Å²) < 4.78 is 29.3. The van der Waals surface area contributed by atoms with Gasteiger partial charge in [-0.05, 0) is 71.1 Å². The van der Waals surface area contributed by atoms with E-state index in [0.717, 1.165) is 0 Å². The fraction of sp³-hybridized carbons (Fsp3) is 0. The number of carbonyl (C=O) groups is 1. The van der Waals surface area contributed by atoms with Gasteiger partial charge in [0.05, 0.1) is 10.6 Å². The Labute approximate surface area is 182 Å².